The molecule has 2 aliphatic heterocycles. The Hall–Kier alpha value is -2.15. The third kappa shape index (κ3) is 2.00. The molecule has 0 aromatic heterocycles. The van der Waals surface area contributed by atoms with Gasteiger partial charge in [0.05, 0.1) is 0 Å². The first-order chi connectivity index (χ1) is 9.49. The van der Waals surface area contributed by atoms with E-state index in [1.807, 2.05) is 0 Å². The molecule has 0 bridgehead atoms. The molecule has 1 aromatic rings. The van der Waals surface area contributed by atoms with Crippen LogP contribution in [0.4, 0.5) is 10.5 Å². The van der Waals surface area contributed by atoms with Crippen molar-refractivity contribution < 1.29 is 23.7 Å². The molecule has 8 heteroatoms. The predicted octanol–water partition coefficient (Wildman–Crippen LogP) is 1.90. The second-order valence-electron chi connectivity index (χ2n) is 4.70. The molecule has 6 nitrogen and oxygen atoms in total. The SMILES string of the molecule is O=C1C[C+]2CC(=O)O[B-]2(C(=O)Nc2ccc(Cl)cc2)O1. The highest BCUT2D eigenvalue weighted by Gasteiger charge is 2.69. The lowest BCUT2D eigenvalue weighted by Crippen LogP contribution is -2.51. The lowest BCUT2D eigenvalue weighted by molar-refractivity contribution is -0.138. The van der Waals surface area contributed by atoms with Gasteiger partial charge in [0.25, 0.3) is 0 Å². The van der Waals surface area contributed by atoms with Gasteiger partial charge in [-0.05, 0) is 24.3 Å². The van der Waals surface area contributed by atoms with Crippen LogP contribution in [0, 0.1) is 5.82 Å². The Labute approximate surface area is 119 Å². The van der Waals surface area contributed by atoms with Gasteiger partial charge in [-0.15, -0.1) is 0 Å². The van der Waals surface area contributed by atoms with E-state index in [1.165, 1.54) is 0 Å². The van der Waals surface area contributed by atoms with E-state index < -0.39 is 24.3 Å². The van der Waals surface area contributed by atoms with E-state index in [9.17, 15) is 14.4 Å². The Balaban J connectivity index is 1.83. The van der Waals surface area contributed by atoms with Gasteiger partial charge in [-0.3, -0.25) is 9.59 Å². The minimum absolute atomic E-state index is 0.0558. The van der Waals surface area contributed by atoms with Gasteiger partial charge >= 0.3 is 18.5 Å². The van der Waals surface area contributed by atoms with Crippen LogP contribution in [0.5, 0.6) is 0 Å². The zero-order chi connectivity index (χ0) is 14.3. The highest BCUT2D eigenvalue weighted by Crippen LogP contribution is 2.41. The first kappa shape index (κ1) is 12.9. The smallest absolute Gasteiger partial charge is 0.607 e. The van der Waals surface area contributed by atoms with E-state index in [-0.39, 0.29) is 12.8 Å². The zero-order valence-corrected chi connectivity index (χ0v) is 11.0. The summed E-state index contributed by atoms with van der Waals surface area (Å²) in [7, 11) is 0. The third-order valence-electron chi connectivity index (χ3n) is 3.33. The van der Waals surface area contributed by atoms with Crippen LogP contribution in [0.2, 0.25) is 5.02 Å². The molecule has 0 spiro atoms. The maximum atomic E-state index is 12.3. The molecule has 0 unspecified atom stereocenters. The number of anilines is 1. The number of carbonyl (C=O) groups is 3. The third-order valence-corrected chi connectivity index (χ3v) is 3.58. The largest absolute Gasteiger partial charge is 0.643 e. The number of nitrogens with one attached hydrogen (secondary N) is 1. The molecule has 1 aromatic carbocycles. The van der Waals surface area contributed by atoms with Crippen LogP contribution < -0.4 is 5.32 Å². The minimum atomic E-state index is -2.67. The quantitative estimate of drug-likeness (QED) is 0.665. The summed E-state index contributed by atoms with van der Waals surface area (Å²) in [5.41, 5.74) is 0.473. The van der Waals surface area contributed by atoms with E-state index in [0.29, 0.717) is 16.5 Å². The maximum Gasteiger partial charge on any atom is 0.643 e. The standard InChI is InChI=1S/C12H9BClNO5/c14-8-1-3-9(4-2-8)15-12(18)13-7(5-10(16)19-13)6-11(17)20-13/h1-4H,5-6H2,(H,15,18). The van der Waals surface area contributed by atoms with E-state index in [1.54, 1.807) is 24.3 Å². The van der Waals surface area contributed by atoms with Gasteiger partial charge in [0, 0.05) is 16.5 Å². The number of fused-ring (bicyclic) bond motifs is 1. The number of hydrogen-bond acceptors (Lipinski definition) is 5. The molecule has 0 atom stereocenters. The lowest BCUT2D eigenvalue weighted by Gasteiger charge is -2.23. The van der Waals surface area contributed by atoms with E-state index in [0.717, 1.165) is 0 Å². The van der Waals surface area contributed by atoms with Gasteiger partial charge < -0.3 is 19.4 Å². The van der Waals surface area contributed by atoms with Crippen molar-refractivity contribution in [1.82, 2.24) is 0 Å². The summed E-state index contributed by atoms with van der Waals surface area (Å²) in [5.74, 6) is -1.36. The van der Waals surface area contributed by atoms with Crippen LogP contribution in [-0.2, 0) is 18.9 Å². The van der Waals surface area contributed by atoms with Crippen molar-refractivity contribution in [3.63, 3.8) is 0 Å². The molecule has 1 N–H and O–H groups in total. The van der Waals surface area contributed by atoms with Crippen LogP contribution in [0.1, 0.15) is 12.8 Å². The summed E-state index contributed by atoms with van der Waals surface area (Å²) in [6, 6.07) is 6.40. The monoisotopic (exact) mass is 293 g/mol. The Morgan fingerprint density at radius 1 is 1.15 bits per heavy atom. The Morgan fingerprint density at radius 3 is 2.25 bits per heavy atom. The molecule has 20 heavy (non-hydrogen) atoms. The summed E-state index contributed by atoms with van der Waals surface area (Å²) >= 11 is 5.75. The maximum absolute atomic E-state index is 12.3. The fourth-order valence-electron chi connectivity index (χ4n) is 2.41. The van der Waals surface area contributed by atoms with Gasteiger partial charge in [0.1, 0.15) is 12.8 Å². The number of amides is 1. The summed E-state index contributed by atoms with van der Waals surface area (Å²) in [5, 5.41) is 3.10. The molecular formula is C12H9BClNO5. The second kappa shape index (κ2) is 4.45. The Bertz CT molecular complexity index is 582. The number of rotatable bonds is 2. The minimum Gasteiger partial charge on any atom is -0.607 e. The van der Waals surface area contributed by atoms with Crippen LogP contribution >= 0.6 is 11.6 Å². The summed E-state index contributed by atoms with van der Waals surface area (Å²) in [4.78, 5) is 35.0. The topological polar surface area (TPSA) is 81.7 Å². The van der Waals surface area contributed by atoms with Crippen LogP contribution in [0.15, 0.2) is 24.3 Å². The van der Waals surface area contributed by atoms with Crippen molar-refractivity contribution in [2.75, 3.05) is 5.32 Å². The van der Waals surface area contributed by atoms with E-state index in [4.69, 9.17) is 20.9 Å². The van der Waals surface area contributed by atoms with Crippen molar-refractivity contribution in [2.24, 2.45) is 0 Å². The molecule has 0 radical (unpaired) electrons. The number of benzene rings is 1. The normalized spacial score (nSPS) is 19.4. The molecule has 0 saturated carbocycles. The van der Waals surface area contributed by atoms with Crippen molar-refractivity contribution in [3.05, 3.63) is 35.1 Å². The first-order valence-corrected chi connectivity index (χ1v) is 6.37. The summed E-state index contributed by atoms with van der Waals surface area (Å²) in [6.07, 6.45) is -0.112. The summed E-state index contributed by atoms with van der Waals surface area (Å²) < 4.78 is 10.0. The van der Waals surface area contributed by atoms with Crippen molar-refractivity contribution >= 4 is 41.6 Å². The fraction of sp³-hybridized carbons (Fsp3) is 0.167. The first-order valence-electron chi connectivity index (χ1n) is 5.99. The molecule has 2 fully saturated rings. The molecule has 0 aliphatic carbocycles. The van der Waals surface area contributed by atoms with Gasteiger partial charge in [-0.25, -0.2) is 0 Å². The van der Waals surface area contributed by atoms with Gasteiger partial charge in [-0.1, -0.05) is 11.6 Å². The van der Waals surface area contributed by atoms with Crippen molar-refractivity contribution in [2.45, 2.75) is 12.8 Å². The Morgan fingerprint density at radius 2 is 1.70 bits per heavy atom. The van der Waals surface area contributed by atoms with Gasteiger partial charge in [0.15, 0.2) is 0 Å². The number of carbonyl (C=O) groups excluding carboxylic acids is 3. The molecule has 2 heterocycles. The molecular weight excluding hydrogens is 284 g/mol. The van der Waals surface area contributed by atoms with Crippen LogP contribution in [0.3, 0.4) is 0 Å². The highest BCUT2D eigenvalue weighted by molar-refractivity contribution is 7.05. The zero-order valence-electron chi connectivity index (χ0n) is 10.2. The molecule has 2 saturated heterocycles. The molecule has 1 amide bonds. The average molecular weight is 293 g/mol. The summed E-state index contributed by atoms with van der Waals surface area (Å²) in [6.45, 7) is -2.67. The average Bonchev–Trinajstić information content (AvgIpc) is 2.84. The second-order valence-corrected chi connectivity index (χ2v) is 5.14. The number of halogens is 1. The predicted molar refractivity (Wildman–Crippen MR) is 70.9 cm³/mol. The van der Waals surface area contributed by atoms with Gasteiger partial charge in [-0.2, -0.15) is 0 Å². The van der Waals surface area contributed by atoms with Crippen molar-refractivity contribution in [1.29, 1.82) is 0 Å². The molecule has 3 rings (SSSR count). The van der Waals surface area contributed by atoms with Crippen molar-refractivity contribution in [3.8, 4) is 0 Å². The number of hydrogen-bond donors (Lipinski definition) is 1. The molecule has 102 valence electrons. The van der Waals surface area contributed by atoms with Gasteiger partial charge in [0.2, 0.25) is 5.81 Å². The van der Waals surface area contributed by atoms with Crippen LogP contribution in [0.25, 0.3) is 0 Å². The Kier molecular flexibility index (Phi) is 2.86. The van der Waals surface area contributed by atoms with E-state index in [2.05, 4.69) is 5.32 Å². The fourth-order valence-corrected chi connectivity index (χ4v) is 2.54. The van der Waals surface area contributed by atoms with E-state index >= 15 is 0 Å². The highest BCUT2D eigenvalue weighted by atomic mass is 35.5. The van der Waals surface area contributed by atoms with Crippen LogP contribution in [-0.4, -0.2) is 24.3 Å². The molecule has 2 aliphatic rings. The lowest BCUT2D eigenvalue weighted by atomic mass is 9.48.